The monoisotopic (exact) mass is 458 g/mol. The molecule has 0 aliphatic rings. The molecule has 0 aliphatic carbocycles. The van der Waals surface area contributed by atoms with Gasteiger partial charge in [0.2, 0.25) is 0 Å². The molecule has 32 heavy (non-hydrogen) atoms. The van der Waals surface area contributed by atoms with Crippen LogP contribution in [0.3, 0.4) is 0 Å². The summed E-state index contributed by atoms with van der Waals surface area (Å²) >= 11 is 1.19. The molecule has 0 amide bonds. The average Bonchev–Trinajstić information content (AvgIpc) is 2.79. The van der Waals surface area contributed by atoms with Gasteiger partial charge in [0.25, 0.3) is 0 Å². The number of hydrogen-bond donors (Lipinski definition) is 3. The molecule has 1 unspecified atom stereocenters. The second-order valence-electron chi connectivity index (χ2n) is 8.02. The third-order valence-electron chi connectivity index (χ3n) is 5.52. The highest BCUT2D eigenvalue weighted by Gasteiger charge is 2.29. The van der Waals surface area contributed by atoms with Crippen molar-refractivity contribution < 1.29 is 24.9 Å². The first-order chi connectivity index (χ1) is 15.5. The minimum absolute atomic E-state index is 0.0695. The lowest BCUT2D eigenvalue weighted by molar-refractivity contribution is -0.146. The van der Waals surface area contributed by atoms with Crippen molar-refractivity contribution >= 4 is 23.7 Å². The Morgan fingerprint density at radius 2 is 1.38 bits per heavy atom. The van der Waals surface area contributed by atoms with E-state index in [4.69, 9.17) is 5.11 Å². The molecule has 0 heterocycles. The molecule has 2 aromatic rings. The van der Waals surface area contributed by atoms with Crippen LogP contribution < -0.4 is 0 Å². The van der Waals surface area contributed by atoms with Crippen LogP contribution in [0.1, 0.15) is 66.9 Å². The smallest absolute Gasteiger partial charge is 0.334 e. The van der Waals surface area contributed by atoms with E-state index in [1.165, 1.54) is 43.0 Å². The molecule has 0 bridgehead atoms. The number of benzene rings is 2. The SMILES string of the molecule is O=C(O)CCSC(c1ccccc1CCCCCCCCc1ccccc1)[C@@H](O)C(=O)O. The van der Waals surface area contributed by atoms with Gasteiger partial charge < -0.3 is 15.3 Å². The van der Waals surface area contributed by atoms with Crippen LogP contribution in [-0.2, 0) is 22.4 Å². The summed E-state index contributed by atoms with van der Waals surface area (Å²) in [6, 6.07) is 18.1. The van der Waals surface area contributed by atoms with E-state index < -0.39 is 23.3 Å². The van der Waals surface area contributed by atoms with Gasteiger partial charge in [0.1, 0.15) is 0 Å². The summed E-state index contributed by atoms with van der Waals surface area (Å²) in [5, 5.41) is 27.8. The Balaban J connectivity index is 1.80. The van der Waals surface area contributed by atoms with Gasteiger partial charge in [-0.1, -0.05) is 80.3 Å². The Bertz CT molecular complexity index is 824. The van der Waals surface area contributed by atoms with Crippen molar-refractivity contribution in [3.8, 4) is 0 Å². The maximum absolute atomic E-state index is 11.4. The second-order valence-corrected chi connectivity index (χ2v) is 9.27. The normalized spacial score (nSPS) is 12.9. The van der Waals surface area contributed by atoms with Crippen LogP contribution >= 0.6 is 11.8 Å². The highest BCUT2D eigenvalue weighted by atomic mass is 32.2. The summed E-state index contributed by atoms with van der Waals surface area (Å²) in [6.45, 7) is 0. The second kappa shape index (κ2) is 14.7. The molecular weight excluding hydrogens is 424 g/mol. The van der Waals surface area contributed by atoms with Gasteiger partial charge in [-0.2, -0.15) is 0 Å². The summed E-state index contributed by atoms with van der Waals surface area (Å²) in [5.74, 6) is -1.97. The van der Waals surface area contributed by atoms with Crippen LogP contribution in [-0.4, -0.2) is 39.1 Å². The molecule has 3 N–H and O–H groups in total. The lowest BCUT2D eigenvalue weighted by atomic mass is 9.96. The number of aliphatic hydroxyl groups excluding tert-OH is 1. The van der Waals surface area contributed by atoms with Gasteiger partial charge in [0, 0.05) is 5.75 Å². The third kappa shape index (κ3) is 9.45. The van der Waals surface area contributed by atoms with Crippen molar-refractivity contribution in [2.45, 2.75) is 69.1 Å². The number of carboxylic acid groups (broad SMARTS) is 2. The van der Waals surface area contributed by atoms with Gasteiger partial charge in [-0.3, -0.25) is 4.79 Å². The fraction of sp³-hybridized carbons (Fsp3) is 0.462. The number of aliphatic carboxylic acids is 2. The average molecular weight is 459 g/mol. The molecular formula is C26H34O5S. The number of thioether (sulfide) groups is 1. The molecule has 0 aliphatic heterocycles. The Kier molecular flexibility index (Phi) is 11.9. The van der Waals surface area contributed by atoms with Crippen LogP contribution in [0, 0.1) is 0 Å². The van der Waals surface area contributed by atoms with Crippen LogP contribution in [0.5, 0.6) is 0 Å². The maximum Gasteiger partial charge on any atom is 0.334 e. The molecule has 174 valence electrons. The van der Waals surface area contributed by atoms with Gasteiger partial charge in [-0.05, 0) is 42.4 Å². The number of carbonyl (C=O) groups is 2. The van der Waals surface area contributed by atoms with E-state index in [9.17, 15) is 19.8 Å². The first-order valence-electron chi connectivity index (χ1n) is 11.3. The summed E-state index contributed by atoms with van der Waals surface area (Å²) < 4.78 is 0. The number of aryl methyl sites for hydroxylation is 2. The molecule has 0 fully saturated rings. The van der Waals surface area contributed by atoms with E-state index in [1.807, 2.05) is 30.3 Å². The zero-order valence-electron chi connectivity index (χ0n) is 18.5. The van der Waals surface area contributed by atoms with E-state index in [2.05, 4.69) is 24.3 Å². The topological polar surface area (TPSA) is 94.8 Å². The Morgan fingerprint density at radius 3 is 2.03 bits per heavy atom. The fourth-order valence-electron chi connectivity index (χ4n) is 3.79. The van der Waals surface area contributed by atoms with Gasteiger partial charge in [-0.25, -0.2) is 4.79 Å². The van der Waals surface area contributed by atoms with Crippen molar-refractivity contribution in [2.75, 3.05) is 5.75 Å². The Morgan fingerprint density at radius 1 is 0.781 bits per heavy atom. The van der Waals surface area contributed by atoms with E-state index in [-0.39, 0.29) is 12.2 Å². The summed E-state index contributed by atoms with van der Waals surface area (Å²) in [4.78, 5) is 22.3. The van der Waals surface area contributed by atoms with Crippen LogP contribution in [0.2, 0.25) is 0 Å². The Hall–Kier alpha value is -2.31. The summed E-state index contributed by atoms with van der Waals surface area (Å²) in [7, 11) is 0. The number of hydrogen-bond acceptors (Lipinski definition) is 4. The largest absolute Gasteiger partial charge is 0.481 e. The zero-order valence-corrected chi connectivity index (χ0v) is 19.3. The molecule has 0 aromatic heterocycles. The van der Waals surface area contributed by atoms with Crippen molar-refractivity contribution in [2.24, 2.45) is 0 Å². The van der Waals surface area contributed by atoms with Gasteiger partial charge in [-0.15, -0.1) is 11.8 Å². The number of aliphatic hydroxyl groups is 1. The maximum atomic E-state index is 11.4. The van der Waals surface area contributed by atoms with E-state index in [1.54, 1.807) is 0 Å². The summed E-state index contributed by atoms with van der Waals surface area (Å²) in [6.07, 6.45) is 7.23. The minimum Gasteiger partial charge on any atom is -0.481 e. The molecule has 2 atom stereocenters. The van der Waals surface area contributed by atoms with Crippen molar-refractivity contribution in [3.63, 3.8) is 0 Å². The predicted octanol–water partition coefficient (Wildman–Crippen LogP) is 5.51. The highest BCUT2D eigenvalue weighted by molar-refractivity contribution is 7.99. The van der Waals surface area contributed by atoms with E-state index >= 15 is 0 Å². The molecule has 2 rings (SSSR count). The minimum atomic E-state index is -1.57. The molecule has 0 spiro atoms. The number of carboxylic acids is 2. The standard InChI is InChI=1S/C26H34O5S/c27-23(28)18-19-32-25(24(29)26(30)31)22-17-11-10-16-21(22)15-9-4-2-1-3-6-12-20-13-7-5-8-14-20/h5,7-8,10-11,13-14,16-17,24-25,29H,1-4,6,9,12,15,18-19H2,(H,27,28)(H,30,31)/t24-,25?/m1/s1. The summed E-state index contributed by atoms with van der Waals surface area (Å²) in [5.41, 5.74) is 3.22. The zero-order chi connectivity index (χ0) is 23.2. The molecule has 0 saturated carbocycles. The molecule has 5 nitrogen and oxygen atoms in total. The van der Waals surface area contributed by atoms with Crippen LogP contribution in [0.4, 0.5) is 0 Å². The lowest BCUT2D eigenvalue weighted by Gasteiger charge is -2.22. The number of unbranched alkanes of at least 4 members (excludes halogenated alkanes) is 5. The van der Waals surface area contributed by atoms with E-state index in [0.717, 1.165) is 36.8 Å². The van der Waals surface area contributed by atoms with Gasteiger partial charge in [0.05, 0.1) is 11.7 Å². The fourth-order valence-corrected chi connectivity index (χ4v) is 5.04. The van der Waals surface area contributed by atoms with Gasteiger partial charge >= 0.3 is 11.9 Å². The molecule has 0 saturated heterocycles. The lowest BCUT2D eigenvalue weighted by Crippen LogP contribution is -2.27. The first kappa shape index (κ1) is 25.9. The molecule has 6 heteroatoms. The molecule has 0 radical (unpaired) electrons. The van der Waals surface area contributed by atoms with Crippen molar-refractivity contribution in [1.29, 1.82) is 0 Å². The van der Waals surface area contributed by atoms with Crippen molar-refractivity contribution in [3.05, 3.63) is 71.3 Å². The van der Waals surface area contributed by atoms with E-state index in [0.29, 0.717) is 0 Å². The van der Waals surface area contributed by atoms with Gasteiger partial charge in [0.15, 0.2) is 6.10 Å². The molecule has 2 aromatic carbocycles. The predicted molar refractivity (Wildman–Crippen MR) is 129 cm³/mol. The first-order valence-corrected chi connectivity index (χ1v) is 12.4. The Labute approximate surface area is 194 Å². The van der Waals surface area contributed by atoms with Crippen LogP contribution in [0.25, 0.3) is 0 Å². The van der Waals surface area contributed by atoms with Crippen LogP contribution in [0.15, 0.2) is 54.6 Å². The number of rotatable bonds is 16. The quantitative estimate of drug-likeness (QED) is 0.287. The third-order valence-corrected chi connectivity index (χ3v) is 6.83. The van der Waals surface area contributed by atoms with Crippen molar-refractivity contribution in [1.82, 2.24) is 0 Å². The highest BCUT2D eigenvalue weighted by Crippen LogP contribution is 2.35.